The Labute approximate surface area is 339 Å². The third kappa shape index (κ3) is 7.43. The summed E-state index contributed by atoms with van der Waals surface area (Å²) < 4.78 is 0. The van der Waals surface area contributed by atoms with Crippen LogP contribution >= 0.6 is 6.89 Å². The number of rotatable bonds is 5. The van der Waals surface area contributed by atoms with Gasteiger partial charge in [0.2, 0.25) is 0 Å². The highest BCUT2D eigenvalue weighted by Gasteiger charge is 2.35. The molecule has 1 amide bonds. The minimum absolute atomic E-state index is 0.0324. The highest BCUT2D eigenvalue weighted by molar-refractivity contribution is 7.89. The van der Waals surface area contributed by atoms with Crippen molar-refractivity contribution in [1.29, 1.82) is 0 Å². The van der Waals surface area contributed by atoms with Crippen LogP contribution in [0.1, 0.15) is 90.8 Å². The number of hydrogen-bond acceptors (Lipinski definition) is 1. The summed E-state index contributed by atoms with van der Waals surface area (Å²) in [5.41, 5.74) is 11.8. The first-order valence-corrected chi connectivity index (χ1v) is 21.9. The van der Waals surface area contributed by atoms with E-state index in [-0.39, 0.29) is 16.7 Å². The Morgan fingerprint density at radius 1 is 0.509 bits per heavy atom. The molecule has 2 aliphatic rings. The topological polar surface area (TPSA) is 29.4 Å². The molecule has 0 saturated carbocycles. The summed E-state index contributed by atoms with van der Waals surface area (Å²) in [5.74, 6) is -0.255. The van der Waals surface area contributed by atoms with Crippen molar-refractivity contribution in [3.05, 3.63) is 214 Å². The van der Waals surface area contributed by atoms with Crippen LogP contribution in [0.4, 0.5) is 0 Å². The lowest BCUT2D eigenvalue weighted by atomic mass is 9.80. The van der Waals surface area contributed by atoms with Gasteiger partial charge >= 0.3 is 0 Å². The Hall–Kier alpha value is -5.82. The Kier molecular flexibility index (Phi) is 10.2. The van der Waals surface area contributed by atoms with Crippen molar-refractivity contribution in [2.45, 2.75) is 58.5 Å². The Morgan fingerprint density at radius 2 is 0.965 bits per heavy atom. The molecule has 0 heterocycles. The summed E-state index contributed by atoms with van der Waals surface area (Å²) >= 11 is 0. The molecule has 282 valence electrons. The summed E-state index contributed by atoms with van der Waals surface area (Å²) in [6.45, 7) is 11.4. The fourth-order valence-corrected chi connectivity index (χ4v) is 12.6. The van der Waals surface area contributed by atoms with Gasteiger partial charge in [0.15, 0.2) is 0 Å². The van der Waals surface area contributed by atoms with Gasteiger partial charge in [-0.3, -0.25) is 4.79 Å². The van der Waals surface area contributed by atoms with Gasteiger partial charge in [-0.25, -0.2) is 4.99 Å². The molecule has 57 heavy (non-hydrogen) atoms. The van der Waals surface area contributed by atoms with E-state index < -0.39 is 6.89 Å². The molecule has 0 radical (unpaired) electrons. The van der Waals surface area contributed by atoms with E-state index in [1.54, 1.807) is 0 Å². The zero-order valence-corrected chi connectivity index (χ0v) is 34.7. The van der Waals surface area contributed by atoms with E-state index in [9.17, 15) is 4.79 Å². The number of carbonyl (C=O) groups is 1. The number of aliphatic imine (C=N–C) groups is 1. The number of carbonyl (C=O) groups excluding carboxylic acids is 1. The molecule has 2 aliphatic carbocycles. The zero-order chi connectivity index (χ0) is 39.8. The van der Waals surface area contributed by atoms with Crippen LogP contribution in [-0.2, 0) is 17.0 Å². The summed E-state index contributed by atoms with van der Waals surface area (Å²) in [4.78, 5) is 19.0. The minimum atomic E-state index is -2.54. The molecule has 0 saturated heterocycles. The number of nitrogens with zero attached hydrogens (tertiary/aromatic N) is 1. The van der Waals surface area contributed by atoms with Crippen LogP contribution in [0.2, 0.25) is 0 Å². The molecule has 8 rings (SSSR count). The molecule has 0 aliphatic heterocycles. The SMILES string of the molecule is CC(C)(C)c1cc(CP(=C2C=Cc3ccccc3C2=C2C(=NC(=O)c3ccccc3)C=Cc3ccccc32)(c2ccccc2)c2ccccc2)cc(C(C)(C)C)c1. The van der Waals surface area contributed by atoms with Crippen molar-refractivity contribution in [3.8, 4) is 0 Å². The van der Waals surface area contributed by atoms with E-state index in [0.29, 0.717) is 11.3 Å². The fourth-order valence-electron chi connectivity index (χ4n) is 8.19. The van der Waals surface area contributed by atoms with Crippen molar-refractivity contribution in [2.75, 3.05) is 0 Å². The maximum absolute atomic E-state index is 14.0. The second kappa shape index (κ2) is 15.3. The minimum Gasteiger partial charge on any atom is -0.267 e. The van der Waals surface area contributed by atoms with E-state index in [2.05, 4.69) is 187 Å². The Balaban J connectivity index is 1.57. The molecule has 6 aromatic rings. The molecule has 2 nitrogen and oxygen atoms in total. The lowest BCUT2D eigenvalue weighted by Crippen LogP contribution is -2.27. The van der Waals surface area contributed by atoms with Gasteiger partial charge in [-0.05, 0) is 90.8 Å². The number of benzene rings is 6. The maximum Gasteiger partial charge on any atom is 0.277 e. The van der Waals surface area contributed by atoms with Gasteiger partial charge in [-0.2, -0.15) is 0 Å². The first-order valence-electron chi connectivity index (χ1n) is 19.9. The van der Waals surface area contributed by atoms with Crippen LogP contribution in [0.15, 0.2) is 175 Å². The number of allylic oxidation sites excluding steroid dienone is 4. The molecule has 0 fully saturated rings. The average molecular weight is 760 g/mol. The predicted octanol–water partition coefficient (Wildman–Crippen LogP) is 12.6. The predicted molar refractivity (Wildman–Crippen MR) is 248 cm³/mol. The van der Waals surface area contributed by atoms with Crippen LogP contribution in [0.25, 0.3) is 23.3 Å². The number of amides is 1. The lowest BCUT2D eigenvalue weighted by Gasteiger charge is -2.36. The highest BCUT2D eigenvalue weighted by Crippen LogP contribution is 2.56. The van der Waals surface area contributed by atoms with Crippen LogP contribution in [0, 0.1) is 0 Å². The lowest BCUT2D eigenvalue weighted by molar-refractivity contribution is 0.100. The highest BCUT2D eigenvalue weighted by atomic mass is 31.2. The van der Waals surface area contributed by atoms with E-state index in [4.69, 9.17) is 4.99 Å². The normalized spacial score (nSPS) is 16.0. The van der Waals surface area contributed by atoms with Gasteiger partial charge in [-0.15, -0.1) is 0 Å². The van der Waals surface area contributed by atoms with E-state index in [1.165, 1.54) is 32.6 Å². The van der Waals surface area contributed by atoms with Crippen molar-refractivity contribution >= 4 is 57.7 Å². The van der Waals surface area contributed by atoms with Gasteiger partial charge in [0.05, 0.1) is 5.71 Å². The summed E-state index contributed by atoms with van der Waals surface area (Å²) in [5, 5.41) is 3.90. The molecule has 6 aromatic carbocycles. The standard InChI is InChI=1S/C54H50NOP/c1-53(2,3)42-34-38(35-43(36-42)54(4,5)6)37-57(44-24-12-8-13-25-44,45-26-14-9-15-27-45)49-33-31-40-21-17-19-29-47(40)51(49)50-46-28-18-16-20-39(46)30-32-48(50)55-52(56)41-22-10-7-11-23-41/h7-36H,37H2,1-6H3. The fraction of sp³-hybridized carbons (Fsp3) is 0.167. The number of hydrogen-bond donors (Lipinski definition) is 0. The van der Waals surface area contributed by atoms with Gasteiger partial charge < -0.3 is 0 Å². The molecule has 0 spiro atoms. The molecular formula is C54H50NOP. The number of fused-ring (bicyclic) bond motifs is 2. The van der Waals surface area contributed by atoms with Gasteiger partial charge in [0.25, 0.3) is 5.91 Å². The van der Waals surface area contributed by atoms with Crippen molar-refractivity contribution in [2.24, 2.45) is 4.99 Å². The molecule has 0 bridgehead atoms. The van der Waals surface area contributed by atoms with Crippen LogP contribution in [0.3, 0.4) is 0 Å². The third-order valence-electron chi connectivity index (χ3n) is 11.3. The quantitative estimate of drug-likeness (QED) is 0.161. The van der Waals surface area contributed by atoms with Gasteiger partial charge in [-0.1, -0.05) is 205 Å². The molecule has 0 atom stereocenters. The second-order valence-corrected chi connectivity index (χ2v) is 20.7. The molecule has 0 aromatic heterocycles. The molecule has 0 N–H and O–H groups in total. The first kappa shape index (κ1) is 38.1. The van der Waals surface area contributed by atoms with Gasteiger partial charge in [0, 0.05) is 22.9 Å². The Bertz CT molecular complexity index is 2590. The van der Waals surface area contributed by atoms with Crippen LogP contribution in [0.5, 0.6) is 0 Å². The monoisotopic (exact) mass is 759 g/mol. The summed E-state index contributed by atoms with van der Waals surface area (Å²) in [6.07, 6.45) is 9.66. The summed E-state index contributed by atoms with van der Waals surface area (Å²) in [7, 11) is 0. The first-order chi connectivity index (χ1) is 27.4. The van der Waals surface area contributed by atoms with Crippen molar-refractivity contribution in [1.82, 2.24) is 0 Å². The second-order valence-electron chi connectivity index (χ2n) is 17.2. The maximum atomic E-state index is 14.0. The van der Waals surface area contributed by atoms with Crippen molar-refractivity contribution < 1.29 is 4.79 Å². The molecule has 0 unspecified atom stereocenters. The Morgan fingerprint density at radius 3 is 1.49 bits per heavy atom. The van der Waals surface area contributed by atoms with E-state index in [1.807, 2.05) is 36.4 Å². The van der Waals surface area contributed by atoms with E-state index in [0.717, 1.165) is 39.6 Å². The van der Waals surface area contributed by atoms with Crippen LogP contribution < -0.4 is 10.6 Å². The zero-order valence-electron chi connectivity index (χ0n) is 33.8. The largest absolute Gasteiger partial charge is 0.277 e. The van der Waals surface area contributed by atoms with Crippen molar-refractivity contribution in [3.63, 3.8) is 0 Å². The summed E-state index contributed by atoms with van der Waals surface area (Å²) in [6, 6.07) is 56.4. The van der Waals surface area contributed by atoms with Gasteiger partial charge in [0.1, 0.15) is 0 Å². The van der Waals surface area contributed by atoms with E-state index >= 15 is 0 Å². The van der Waals surface area contributed by atoms with Crippen LogP contribution in [-0.4, -0.2) is 16.9 Å². The smallest absolute Gasteiger partial charge is 0.267 e. The average Bonchev–Trinajstić information content (AvgIpc) is 3.23. The molecule has 3 heteroatoms. The molecular weight excluding hydrogens is 710 g/mol. The third-order valence-corrected chi connectivity index (χ3v) is 15.7.